The van der Waals surface area contributed by atoms with Crippen molar-refractivity contribution in [3.63, 3.8) is 0 Å². The molecule has 0 aliphatic heterocycles. The van der Waals surface area contributed by atoms with Crippen molar-refractivity contribution in [2.45, 2.75) is 51.2 Å². The van der Waals surface area contributed by atoms with E-state index < -0.39 is 17.9 Å². The zero-order valence-corrected chi connectivity index (χ0v) is 17.9. The van der Waals surface area contributed by atoms with Crippen LogP contribution in [0.25, 0.3) is 11.3 Å². The first-order valence-electron chi connectivity index (χ1n) is 10.8. The van der Waals surface area contributed by atoms with E-state index >= 15 is 0 Å². The van der Waals surface area contributed by atoms with Crippen LogP contribution < -0.4 is 10.1 Å². The van der Waals surface area contributed by atoms with E-state index in [1.807, 2.05) is 42.5 Å². The number of nitrogens with zero attached hydrogens (tertiary/aromatic N) is 1. The van der Waals surface area contributed by atoms with E-state index in [2.05, 4.69) is 10.5 Å². The average molecular weight is 434 g/mol. The summed E-state index contributed by atoms with van der Waals surface area (Å²) in [6.07, 6.45) is 4.47. The molecule has 166 valence electrons. The SMILES string of the molecule is Cc1onc(-c2ccccc2)c1C(=O)N[C@@H](CC(=O)O)c1ccc(OC2CCCC2)cc1. The smallest absolute Gasteiger partial charge is 0.305 e. The van der Waals surface area contributed by atoms with E-state index in [4.69, 9.17) is 9.26 Å². The Kier molecular flexibility index (Phi) is 6.54. The van der Waals surface area contributed by atoms with E-state index in [0.29, 0.717) is 22.6 Å². The zero-order valence-electron chi connectivity index (χ0n) is 17.9. The molecule has 1 aliphatic rings. The number of carbonyl (C=O) groups is 2. The van der Waals surface area contributed by atoms with E-state index in [1.165, 1.54) is 12.8 Å². The average Bonchev–Trinajstić information content (AvgIpc) is 3.43. The van der Waals surface area contributed by atoms with Gasteiger partial charge in [-0.05, 0) is 50.3 Å². The van der Waals surface area contributed by atoms with Gasteiger partial charge in [-0.1, -0.05) is 47.6 Å². The highest BCUT2D eigenvalue weighted by atomic mass is 16.5. The van der Waals surface area contributed by atoms with Gasteiger partial charge in [0.1, 0.15) is 22.8 Å². The third-order valence-electron chi connectivity index (χ3n) is 5.71. The summed E-state index contributed by atoms with van der Waals surface area (Å²) in [6, 6.07) is 15.8. The fourth-order valence-electron chi connectivity index (χ4n) is 4.07. The van der Waals surface area contributed by atoms with Crippen LogP contribution >= 0.6 is 0 Å². The number of rotatable bonds is 8. The second-order valence-electron chi connectivity index (χ2n) is 8.05. The maximum absolute atomic E-state index is 13.2. The number of benzene rings is 2. The number of aromatic nitrogens is 1. The monoisotopic (exact) mass is 434 g/mol. The number of carboxylic acid groups (broad SMARTS) is 1. The number of nitrogens with one attached hydrogen (secondary N) is 1. The summed E-state index contributed by atoms with van der Waals surface area (Å²) in [7, 11) is 0. The molecule has 4 rings (SSSR count). The maximum atomic E-state index is 13.2. The van der Waals surface area contributed by atoms with Crippen LogP contribution in [-0.2, 0) is 4.79 Å². The van der Waals surface area contributed by atoms with Crippen molar-refractivity contribution in [1.29, 1.82) is 0 Å². The molecular weight excluding hydrogens is 408 g/mol. The van der Waals surface area contributed by atoms with Gasteiger partial charge in [0.05, 0.1) is 18.6 Å². The van der Waals surface area contributed by atoms with Crippen LogP contribution in [-0.4, -0.2) is 28.2 Å². The lowest BCUT2D eigenvalue weighted by Crippen LogP contribution is -2.30. The molecule has 1 amide bonds. The molecule has 2 aromatic carbocycles. The van der Waals surface area contributed by atoms with E-state index in [-0.39, 0.29) is 12.5 Å². The van der Waals surface area contributed by atoms with Gasteiger partial charge >= 0.3 is 5.97 Å². The molecule has 0 radical (unpaired) electrons. The number of carbonyl (C=O) groups excluding carboxylic acids is 1. The highest BCUT2D eigenvalue weighted by Crippen LogP contribution is 2.28. The molecule has 3 aromatic rings. The Morgan fingerprint density at radius 1 is 1.12 bits per heavy atom. The molecule has 0 saturated heterocycles. The molecule has 2 N–H and O–H groups in total. The summed E-state index contributed by atoms with van der Waals surface area (Å²) < 4.78 is 11.3. The molecule has 0 spiro atoms. The normalized spacial score (nSPS) is 14.8. The number of amides is 1. The second-order valence-corrected chi connectivity index (χ2v) is 8.05. The number of aryl methyl sites for hydroxylation is 1. The minimum Gasteiger partial charge on any atom is -0.490 e. The van der Waals surface area contributed by atoms with Gasteiger partial charge in [-0.25, -0.2) is 0 Å². The maximum Gasteiger partial charge on any atom is 0.305 e. The molecule has 0 unspecified atom stereocenters. The highest BCUT2D eigenvalue weighted by molar-refractivity contribution is 6.01. The van der Waals surface area contributed by atoms with Crippen LogP contribution in [0.5, 0.6) is 5.75 Å². The lowest BCUT2D eigenvalue weighted by Gasteiger charge is -2.19. The van der Waals surface area contributed by atoms with Gasteiger partial charge in [-0.3, -0.25) is 9.59 Å². The van der Waals surface area contributed by atoms with Crippen molar-refractivity contribution >= 4 is 11.9 Å². The van der Waals surface area contributed by atoms with E-state index in [0.717, 1.165) is 24.2 Å². The van der Waals surface area contributed by atoms with Gasteiger partial charge in [0, 0.05) is 5.56 Å². The molecule has 7 nitrogen and oxygen atoms in total. The molecule has 1 heterocycles. The summed E-state index contributed by atoms with van der Waals surface area (Å²) in [5, 5.41) is 16.3. The molecular formula is C25H26N2O5. The van der Waals surface area contributed by atoms with Crippen molar-refractivity contribution in [2.24, 2.45) is 0 Å². The zero-order chi connectivity index (χ0) is 22.5. The van der Waals surface area contributed by atoms with Crippen molar-refractivity contribution < 1.29 is 24.0 Å². The van der Waals surface area contributed by atoms with Gasteiger partial charge < -0.3 is 19.7 Å². The highest BCUT2D eigenvalue weighted by Gasteiger charge is 2.26. The van der Waals surface area contributed by atoms with Gasteiger partial charge in [0.25, 0.3) is 5.91 Å². The largest absolute Gasteiger partial charge is 0.490 e. The van der Waals surface area contributed by atoms with E-state index in [9.17, 15) is 14.7 Å². The van der Waals surface area contributed by atoms with Crippen molar-refractivity contribution in [3.8, 4) is 17.0 Å². The number of hydrogen-bond donors (Lipinski definition) is 2. The first-order chi connectivity index (χ1) is 15.5. The third kappa shape index (κ3) is 4.99. The Labute approximate surface area is 186 Å². The predicted molar refractivity (Wildman–Crippen MR) is 118 cm³/mol. The lowest BCUT2D eigenvalue weighted by molar-refractivity contribution is -0.137. The molecule has 0 bridgehead atoms. The first-order valence-corrected chi connectivity index (χ1v) is 10.8. The predicted octanol–water partition coefficient (Wildman–Crippen LogP) is 4.92. The van der Waals surface area contributed by atoms with Crippen LogP contribution in [0.15, 0.2) is 59.1 Å². The quantitative estimate of drug-likeness (QED) is 0.522. The summed E-state index contributed by atoms with van der Waals surface area (Å²) in [5.41, 5.74) is 2.16. The minimum atomic E-state index is -1.01. The molecule has 32 heavy (non-hydrogen) atoms. The Morgan fingerprint density at radius 3 is 2.47 bits per heavy atom. The van der Waals surface area contributed by atoms with E-state index in [1.54, 1.807) is 19.1 Å². The Balaban J connectivity index is 1.54. The third-order valence-corrected chi connectivity index (χ3v) is 5.71. The van der Waals surface area contributed by atoms with Crippen molar-refractivity contribution in [1.82, 2.24) is 10.5 Å². The van der Waals surface area contributed by atoms with Crippen molar-refractivity contribution in [3.05, 3.63) is 71.5 Å². The fourth-order valence-corrected chi connectivity index (χ4v) is 4.07. The fraction of sp³-hybridized carbons (Fsp3) is 0.320. The van der Waals surface area contributed by atoms with Gasteiger partial charge in [0.2, 0.25) is 0 Å². The standard InChI is InChI=1S/C25H26N2O5/c1-16-23(24(27-32-16)18-7-3-2-4-8-18)25(30)26-21(15-22(28)29)17-11-13-20(14-12-17)31-19-9-5-6-10-19/h2-4,7-8,11-14,19,21H,5-6,9-10,15H2,1H3,(H,26,30)(H,28,29)/t21-/m0/s1. The molecule has 7 heteroatoms. The molecule has 1 atom stereocenters. The van der Waals surface area contributed by atoms with Crippen LogP contribution in [0.3, 0.4) is 0 Å². The Bertz CT molecular complexity index is 1070. The number of hydrogen-bond acceptors (Lipinski definition) is 5. The van der Waals surface area contributed by atoms with Crippen LogP contribution in [0.4, 0.5) is 0 Å². The second kappa shape index (κ2) is 9.68. The van der Waals surface area contributed by atoms with Gasteiger partial charge in [-0.15, -0.1) is 0 Å². The van der Waals surface area contributed by atoms with Crippen LogP contribution in [0.1, 0.15) is 59.8 Å². The molecule has 1 aliphatic carbocycles. The molecule has 1 saturated carbocycles. The van der Waals surface area contributed by atoms with Gasteiger partial charge in [0.15, 0.2) is 0 Å². The molecule has 1 fully saturated rings. The van der Waals surface area contributed by atoms with Crippen molar-refractivity contribution in [2.75, 3.05) is 0 Å². The summed E-state index contributed by atoms with van der Waals surface area (Å²) in [5.74, 6) is -0.315. The number of carboxylic acids is 1. The summed E-state index contributed by atoms with van der Waals surface area (Å²) in [4.78, 5) is 24.7. The summed E-state index contributed by atoms with van der Waals surface area (Å²) in [6.45, 7) is 1.66. The molecule has 1 aromatic heterocycles. The Morgan fingerprint density at radius 2 is 1.81 bits per heavy atom. The first kappa shape index (κ1) is 21.6. The number of aliphatic carboxylic acids is 1. The summed E-state index contributed by atoms with van der Waals surface area (Å²) >= 11 is 0. The van der Waals surface area contributed by atoms with Gasteiger partial charge in [-0.2, -0.15) is 0 Å². The van der Waals surface area contributed by atoms with Crippen LogP contribution in [0, 0.1) is 6.92 Å². The Hall–Kier alpha value is -3.61. The minimum absolute atomic E-state index is 0.239. The lowest BCUT2D eigenvalue weighted by atomic mass is 10.0. The van der Waals surface area contributed by atoms with Crippen LogP contribution in [0.2, 0.25) is 0 Å². The number of ether oxygens (including phenoxy) is 1. The topological polar surface area (TPSA) is 102 Å².